The van der Waals surface area contributed by atoms with Crippen LogP contribution in [0.1, 0.15) is 32.1 Å². The van der Waals surface area contributed by atoms with E-state index in [2.05, 4.69) is 17.0 Å². The van der Waals surface area contributed by atoms with Gasteiger partial charge in [0, 0.05) is 23.5 Å². The largest absolute Gasteiger partial charge is 0.399 e. The van der Waals surface area contributed by atoms with E-state index in [4.69, 9.17) is 5.73 Å². The van der Waals surface area contributed by atoms with Gasteiger partial charge in [-0.3, -0.25) is 0 Å². The summed E-state index contributed by atoms with van der Waals surface area (Å²) in [6.07, 6.45) is 6.94. The van der Waals surface area contributed by atoms with Crippen LogP contribution in [0.2, 0.25) is 0 Å². The van der Waals surface area contributed by atoms with Crippen LogP contribution >= 0.6 is 0 Å². The van der Waals surface area contributed by atoms with Gasteiger partial charge >= 0.3 is 0 Å². The van der Waals surface area contributed by atoms with Crippen molar-refractivity contribution in [3.05, 3.63) is 24.3 Å². The zero-order valence-electron chi connectivity index (χ0n) is 9.02. The summed E-state index contributed by atoms with van der Waals surface area (Å²) in [4.78, 5) is 2.63. The number of hydrogen-bond donors (Lipinski definition) is 1. The van der Waals surface area contributed by atoms with Gasteiger partial charge in [-0.1, -0.05) is 0 Å². The molecule has 2 N–H and O–H groups in total. The quantitative estimate of drug-likeness (QED) is 0.709. The Morgan fingerprint density at radius 3 is 2.13 bits per heavy atom. The first-order valence-corrected chi connectivity index (χ1v) is 5.98. The summed E-state index contributed by atoms with van der Waals surface area (Å²) in [5.74, 6) is 0. The van der Waals surface area contributed by atoms with Crippen LogP contribution in [-0.2, 0) is 0 Å². The lowest BCUT2D eigenvalue weighted by Gasteiger charge is -2.36. The first-order valence-electron chi connectivity index (χ1n) is 5.98. The Bertz CT molecular complexity index is 328. The summed E-state index contributed by atoms with van der Waals surface area (Å²) in [6, 6.07) is 9.98. The predicted molar refractivity (Wildman–Crippen MR) is 64.0 cm³/mol. The number of anilines is 2. The number of nitrogen functional groups attached to an aromatic ring is 1. The van der Waals surface area contributed by atoms with E-state index in [1.807, 2.05) is 12.1 Å². The normalized spacial score (nSPS) is 29.5. The number of hydrogen-bond acceptors (Lipinski definition) is 2. The first kappa shape index (κ1) is 9.08. The Morgan fingerprint density at radius 1 is 0.933 bits per heavy atom. The lowest BCUT2D eigenvalue weighted by molar-refractivity contribution is 0.468. The van der Waals surface area contributed by atoms with Crippen molar-refractivity contribution in [2.24, 2.45) is 0 Å². The Balaban J connectivity index is 1.90. The fourth-order valence-corrected chi connectivity index (χ4v) is 3.19. The molecule has 3 rings (SSSR count). The van der Waals surface area contributed by atoms with Crippen LogP contribution in [0.15, 0.2) is 24.3 Å². The van der Waals surface area contributed by atoms with E-state index in [-0.39, 0.29) is 0 Å². The Morgan fingerprint density at radius 2 is 1.53 bits per heavy atom. The van der Waals surface area contributed by atoms with Gasteiger partial charge in [0.1, 0.15) is 0 Å². The third-order valence-corrected chi connectivity index (χ3v) is 3.89. The van der Waals surface area contributed by atoms with Gasteiger partial charge in [0.15, 0.2) is 0 Å². The number of benzene rings is 1. The molecular formula is C13H18N2. The summed E-state index contributed by atoms with van der Waals surface area (Å²) in [5.41, 5.74) is 7.96. The van der Waals surface area contributed by atoms with Gasteiger partial charge in [-0.2, -0.15) is 0 Å². The van der Waals surface area contributed by atoms with Gasteiger partial charge < -0.3 is 10.6 Å². The fraction of sp³-hybridized carbons (Fsp3) is 0.538. The lowest BCUT2D eigenvalue weighted by Crippen LogP contribution is -2.39. The summed E-state index contributed by atoms with van der Waals surface area (Å²) in [7, 11) is 0. The minimum absolute atomic E-state index is 0.798. The van der Waals surface area contributed by atoms with Gasteiger partial charge in [0.2, 0.25) is 0 Å². The monoisotopic (exact) mass is 202 g/mol. The number of nitrogens with two attached hydrogens (primary N) is 1. The summed E-state index contributed by atoms with van der Waals surface area (Å²) in [6.45, 7) is 0. The van der Waals surface area contributed by atoms with Crippen LogP contribution < -0.4 is 10.6 Å². The van der Waals surface area contributed by atoms with Gasteiger partial charge in [0.25, 0.3) is 0 Å². The second kappa shape index (κ2) is 3.44. The van der Waals surface area contributed by atoms with Crippen molar-refractivity contribution in [1.82, 2.24) is 0 Å². The average Bonchev–Trinajstić information content (AvgIpc) is 2.51. The molecule has 2 aliphatic rings. The molecule has 2 heterocycles. The van der Waals surface area contributed by atoms with Gasteiger partial charge in [0.05, 0.1) is 0 Å². The van der Waals surface area contributed by atoms with Crippen LogP contribution in [0.25, 0.3) is 0 Å². The number of fused-ring (bicyclic) bond motifs is 2. The molecule has 0 saturated carbocycles. The molecule has 2 atom stereocenters. The van der Waals surface area contributed by atoms with Crippen molar-refractivity contribution in [3.8, 4) is 0 Å². The highest BCUT2D eigenvalue weighted by atomic mass is 15.2. The van der Waals surface area contributed by atoms with Crippen molar-refractivity contribution in [3.63, 3.8) is 0 Å². The van der Waals surface area contributed by atoms with E-state index >= 15 is 0 Å². The third kappa shape index (κ3) is 1.48. The van der Waals surface area contributed by atoms with Crippen molar-refractivity contribution < 1.29 is 0 Å². The topological polar surface area (TPSA) is 29.3 Å². The molecule has 0 amide bonds. The minimum Gasteiger partial charge on any atom is -0.399 e. The molecule has 80 valence electrons. The molecule has 2 fully saturated rings. The minimum atomic E-state index is 0.798. The van der Waals surface area contributed by atoms with E-state index in [1.54, 1.807) is 0 Å². The Kier molecular flexibility index (Phi) is 2.08. The van der Waals surface area contributed by atoms with Crippen LogP contribution in [-0.4, -0.2) is 12.1 Å². The average molecular weight is 202 g/mol. The van der Waals surface area contributed by atoms with Gasteiger partial charge in [-0.05, 0) is 56.4 Å². The molecule has 2 bridgehead atoms. The van der Waals surface area contributed by atoms with E-state index < -0.39 is 0 Å². The number of piperidine rings is 1. The molecule has 15 heavy (non-hydrogen) atoms. The van der Waals surface area contributed by atoms with Crippen molar-refractivity contribution in [2.45, 2.75) is 44.2 Å². The van der Waals surface area contributed by atoms with Crippen LogP contribution in [0.4, 0.5) is 11.4 Å². The maximum atomic E-state index is 5.72. The first-order chi connectivity index (χ1) is 7.34. The molecule has 0 radical (unpaired) electrons. The standard InChI is InChI=1S/C13H18N2/c14-10-4-6-13(7-5-10)15-11-2-1-3-12(15)9-8-11/h4-7,11-12H,1-3,8-9,14H2/t11-,12+. The Labute approximate surface area is 91.1 Å². The van der Waals surface area contributed by atoms with Gasteiger partial charge in [-0.25, -0.2) is 0 Å². The Hall–Kier alpha value is -1.18. The maximum Gasteiger partial charge on any atom is 0.0372 e. The predicted octanol–water partition coefficient (Wildman–Crippen LogP) is 2.79. The molecule has 0 unspecified atom stereocenters. The van der Waals surface area contributed by atoms with E-state index in [0.717, 1.165) is 17.8 Å². The molecule has 0 aromatic heterocycles. The van der Waals surface area contributed by atoms with E-state index in [9.17, 15) is 0 Å². The summed E-state index contributed by atoms with van der Waals surface area (Å²) >= 11 is 0. The lowest BCUT2D eigenvalue weighted by atomic mass is 10.0. The smallest absolute Gasteiger partial charge is 0.0372 e. The van der Waals surface area contributed by atoms with Crippen LogP contribution in [0, 0.1) is 0 Å². The highest BCUT2D eigenvalue weighted by Crippen LogP contribution is 2.39. The molecule has 1 aromatic carbocycles. The molecule has 1 aromatic rings. The SMILES string of the molecule is Nc1ccc(N2[C@@H]3CCC[C@H]2CC3)cc1. The maximum absolute atomic E-state index is 5.72. The molecule has 2 saturated heterocycles. The van der Waals surface area contributed by atoms with Crippen LogP contribution in [0.3, 0.4) is 0 Å². The zero-order valence-corrected chi connectivity index (χ0v) is 9.02. The van der Waals surface area contributed by atoms with Crippen molar-refractivity contribution >= 4 is 11.4 Å². The molecule has 2 heteroatoms. The number of nitrogens with zero attached hydrogens (tertiary/aromatic N) is 1. The molecule has 0 spiro atoms. The highest BCUT2D eigenvalue weighted by Gasteiger charge is 2.36. The fourth-order valence-electron chi connectivity index (χ4n) is 3.19. The third-order valence-electron chi connectivity index (χ3n) is 3.89. The molecular weight excluding hydrogens is 184 g/mol. The van der Waals surface area contributed by atoms with Crippen molar-refractivity contribution in [2.75, 3.05) is 10.6 Å². The summed E-state index contributed by atoms with van der Waals surface area (Å²) in [5, 5.41) is 0. The zero-order chi connectivity index (χ0) is 10.3. The second-order valence-electron chi connectivity index (χ2n) is 4.81. The van der Waals surface area contributed by atoms with E-state index in [1.165, 1.54) is 37.8 Å². The van der Waals surface area contributed by atoms with Crippen molar-refractivity contribution in [1.29, 1.82) is 0 Å². The molecule has 2 aliphatic heterocycles. The van der Waals surface area contributed by atoms with Crippen LogP contribution in [0.5, 0.6) is 0 Å². The highest BCUT2D eigenvalue weighted by molar-refractivity contribution is 5.55. The molecule has 2 nitrogen and oxygen atoms in total. The molecule has 0 aliphatic carbocycles. The second-order valence-corrected chi connectivity index (χ2v) is 4.81. The van der Waals surface area contributed by atoms with E-state index in [0.29, 0.717) is 0 Å². The number of rotatable bonds is 1. The van der Waals surface area contributed by atoms with Gasteiger partial charge in [-0.15, -0.1) is 0 Å². The summed E-state index contributed by atoms with van der Waals surface area (Å²) < 4.78 is 0.